The minimum Gasteiger partial charge on any atom is -0.494 e. The van der Waals surface area contributed by atoms with Gasteiger partial charge in [-0.25, -0.2) is 5.53 Å². The summed E-state index contributed by atoms with van der Waals surface area (Å²) in [7, 11) is 0. The van der Waals surface area contributed by atoms with Gasteiger partial charge in [-0.3, -0.25) is 19.5 Å². The van der Waals surface area contributed by atoms with Crippen LogP contribution in [0.5, 0.6) is 11.8 Å². The van der Waals surface area contributed by atoms with Gasteiger partial charge in [-0.05, 0) is 24.6 Å². The maximum Gasteiger partial charge on any atom is 0.249 e. The van der Waals surface area contributed by atoms with Gasteiger partial charge in [0.15, 0.2) is 0 Å². The van der Waals surface area contributed by atoms with E-state index in [2.05, 4.69) is 10.4 Å². The van der Waals surface area contributed by atoms with E-state index in [0.717, 1.165) is 4.57 Å². The number of halogens is 1. The third-order valence-corrected chi connectivity index (χ3v) is 3.59. The fraction of sp³-hybridized carbons (Fsp3) is 0.231. The number of rotatable bonds is 2. The van der Waals surface area contributed by atoms with Crippen LogP contribution in [-0.4, -0.2) is 26.6 Å². The maximum atomic E-state index is 11.9. The summed E-state index contributed by atoms with van der Waals surface area (Å²) < 4.78 is 1.10. The summed E-state index contributed by atoms with van der Waals surface area (Å²) in [6.45, 7) is 0. The number of amides is 2. The Bertz CT molecular complexity index is 786. The first-order chi connectivity index (χ1) is 10.0. The minimum atomic E-state index is -0.855. The minimum absolute atomic E-state index is 0. The SMILES string of the molecule is Cl.N=Nc1ccc2c(O)n(C3CCC(=O)NC3=O)c(O)c2c1. The van der Waals surface area contributed by atoms with Crippen LogP contribution in [0.1, 0.15) is 18.9 Å². The molecular formula is C13H13ClN4O4. The van der Waals surface area contributed by atoms with E-state index in [1.807, 2.05) is 0 Å². The molecule has 0 saturated carbocycles. The van der Waals surface area contributed by atoms with E-state index in [-0.39, 0.29) is 42.9 Å². The summed E-state index contributed by atoms with van der Waals surface area (Å²) in [4.78, 5) is 23.1. The standard InChI is InChI=1S/C13H12N4O4.ClH/c14-16-6-1-2-7-8(5-6)13(21)17(12(7)20)9-3-4-10(18)15-11(9)19;/h1-2,5,9,14,20-21H,3-4H2,(H,15,18,19);1H. The first kappa shape index (κ1) is 15.8. The fourth-order valence-corrected chi connectivity index (χ4v) is 2.57. The van der Waals surface area contributed by atoms with Gasteiger partial charge in [-0.1, -0.05) is 0 Å². The molecule has 22 heavy (non-hydrogen) atoms. The van der Waals surface area contributed by atoms with Crippen molar-refractivity contribution >= 4 is 40.7 Å². The number of carbonyl (C=O) groups is 2. The molecule has 1 fully saturated rings. The highest BCUT2D eigenvalue weighted by molar-refractivity contribution is 6.01. The Morgan fingerprint density at radius 2 is 1.91 bits per heavy atom. The van der Waals surface area contributed by atoms with Gasteiger partial charge in [0.05, 0.1) is 5.69 Å². The van der Waals surface area contributed by atoms with E-state index in [1.54, 1.807) is 0 Å². The molecule has 1 aromatic carbocycles. The lowest BCUT2D eigenvalue weighted by Crippen LogP contribution is -2.41. The monoisotopic (exact) mass is 324 g/mol. The van der Waals surface area contributed by atoms with Crippen molar-refractivity contribution in [1.82, 2.24) is 9.88 Å². The second-order valence-electron chi connectivity index (χ2n) is 4.83. The van der Waals surface area contributed by atoms with Crippen molar-refractivity contribution in [2.24, 2.45) is 5.11 Å². The molecule has 1 unspecified atom stereocenters. The van der Waals surface area contributed by atoms with Crippen molar-refractivity contribution in [3.63, 3.8) is 0 Å². The molecule has 4 N–H and O–H groups in total. The molecule has 1 atom stereocenters. The second-order valence-corrected chi connectivity index (χ2v) is 4.83. The van der Waals surface area contributed by atoms with Gasteiger partial charge in [0.25, 0.3) is 0 Å². The number of nitrogens with zero attached hydrogens (tertiary/aromatic N) is 2. The van der Waals surface area contributed by atoms with Crippen LogP contribution in [-0.2, 0) is 9.59 Å². The Kier molecular flexibility index (Phi) is 4.05. The average molecular weight is 325 g/mol. The Morgan fingerprint density at radius 1 is 1.23 bits per heavy atom. The van der Waals surface area contributed by atoms with Gasteiger partial charge in [-0.15, -0.1) is 12.4 Å². The Labute approximate surface area is 130 Å². The lowest BCUT2D eigenvalue weighted by atomic mass is 10.1. The highest BCUT2D eigenvalue weighted by Crippen LogP contribution is 2.41. The van der Waals surface area contributed by atoms with Crippen LogP contribution in [0.15, 0.2) is 23.3 Å². The quantitative estimate of drug-likeness (QED) is 0.498. The summed E-state index contributed by atoms with van der Waals surface area (Å²) in [6, 6.07) is 3.62. The molecule has 0 spiro atoms. The Morgan fingerprint density at radius 3 is 2.55 bits per heavy atom. The van der Waals surface area contributed by atoms with Crippen LogP contribution in [0.2, 0.25) is 0 Å². The number of imide groups is 1. The summed E-state index contributed by atoms with van der Waals surface area (Å²) in [5, 5.41) is 26.6. The molecule has 0 bridgehead atoms. The molecule has 2 heterocycles. The third kappa shape index (κ3) is 2.27. The highest BCUT2D eigenvalue weighted by Gasteiger charge is 2.32. The van der Waals surface area contributed by atoms with E-state index in [9.17, 15) is 19.8 Å². The molecule has 116 valence electrons. The first-order valence-corrected chi connectivity index (χ1v) is 6.30. The normalized spacial score (nSPS) is 17.9. The molecule has 1 saturated heterocycles. The predicted molar refractivity (Wildman–Crippen MR) is 78.7 cm³/mol. The highest BCUT2D eigenvalue weighted by atomic mass is 35.5. The number of aromatic hydroxyl groups is 2. The van der Waals surface area contributed by atoms with Gasteiger partial charge < -0.3 is 10.2 Å². The van der Waals surface area contributed by atoms with Gasteiger partial charge in [-0.2, -0.15) is 5.11 Å². The van der Waals surface area contributed by atoms with E-state index in [4.69, 9.17) is 5.53 Å². The number of carbonyl (C=O) groups excluding carboxylic acids is 2. The number of aromatic nitrogens is 1. The topological polar surface area (TPSA) is 128 Å². The molecule has 1 aliphatic heterocycles. The van der Waals surface area contributed by atoms with Crippen molar-refractivity contribution in [2.45, 2.75) is 18.9 Å². The largest absolute Gasteiger partial charge is 0.494 e. The lowest BCUT2D eigenvalue weighted by molar-refractivity contribution is -0.135. The molecule has 1 aliphatic rings. The van der Waals surface area contributed by atoms with Gasteiger partial charge in [0.1, 0.15) is 6.04 Å². The van der Waals surface area contributed by atoms with Crippen molar-refractivity contribution in [3.05, 3.63) is 18.2 Å². The molecule has 2 aromatic rings. The van der Waals surface area contributed by atoms with Crippen molar-refractivity contribution < 1.29 is 19.8 Å². The van der Waals surface area contributed by atoms with Crippen molar-refractivity contribution in [2.75, 3.05) is 0 Å². The number of hydrogen-bond acceptors (Lipinski definition) is 6. The van der Waals surface area contributed by atoms with E-state index in [0.29, 0.717) is 16.5 Å². The summed E-state index contributed by atoms with van der Waals surface area (Å²) in [5.41, 5.74) is 7.29. The molecule has 1 aromatic heterocycles. The molecule has 2 amide bonds. The molecule has 0 aliphatic carbocycles. The number of nitrogens with one attached hydrogen (secondary N) is 2. The van der Waals surface area contributed by atoms with Crippen molar-refractivity contribution in [1.29, 1.82) is 5.53 Å². The molecule has 9 heteroatoms. The summed E-state index contributed by atoms with van der Waals surface area (Å²) in [6.07, 6.45) is 0.333. The predicted octanol–water partition coefficient (Wildman–Crippen LogP) is 2.11. The zero-order valence-corrected chi connectivity index (χ0v) is 12.1. The zero-order chi connectivity index (χ0) is 15.1. The maximum absolute atomic E-state index is 11.9. The Balaban J connectivity index is 0.00000176. The van der Waals surface area contributed by atoms with Crippen LogP contribution in [0.25, 0.3) is 10.8 Å². The zero-order valence-electron chi connectivity index (χ0n) is 11.2. The van der Waals surface area contributed by atoms with E-state index in [1.165, 1.54) is 18.2 Å². The number of hydrogen-bond donors (Lipinski definition) is 4. The number of benzene rings is 1. The first-order valence-electron chi connectivity index (χ1n) is 6.30. The number of piperidine rings is 1. The van der Waals surface area contributed by atoms with Crippen molar-refractivity contribution in [3.8, 4) is 11.8 Å². The lowest BCUT2D eigenvalue weighted by Gasteiger charge is -2.23. The van der Waals surface area contributed by atoms with Crippen LogP contribution in [0, 0.1) is 5.53 Å². The summed E-state index contributed by atoms with van der Waals surface area (Å²) in [5.74, 6) is -1.49. The van der Waals surface area contributed by atoms with Crippen LogP contribution >= 0.6 is 12.4 Å². The smallest absolute Gasteiger partial charge is 0.249 e. The van der Waals surface area contributed by atoms with E-state index >= 15 is 0 Å². The Hall–Kier alpha value is -2.61. The second kappa shape index (κ2) is 5.64. The van der Waals surface area contributed by atoms with Gasteiger partial charge in [0, 0.05) is 17.2 Å². The molecule has 0 radical (unpaired) electrons. The summed E-state index contributed by atoms with van der Waals surface area (Å²) >= 11 is 0. The van der Waals surface area contributed by atoms with Gasteiger partial charge >= 0.3 is 0 Å². The third-order valence-electron chi connectivity index (χ3n) is 3.59. The molecular weight excluding hydrogens is 312 g/mol. The van der Waals surface area contributed by atoms with Crippen LogP contribution in [0.4, 0.5) is 5.69 Å². The fourth-order valence-electron chi connectivity index (χ4n) is 2.57. The molecule has 3 rings (SSSR count). The number of fused-ring (bicyclic) bond motifs is 1. The van der Waals surface area contributed by atoms with Crippen LogP contribution < -0.4 is 5.32 Å². The molecule has 8 nitrogen and oxygen atoms in total. The van der Waals surface area contributed by atoms with Gasteiger partial charge in [0.2, 0.25) is 23.6 Å². The van der Waals surface area contributed by atoms with E-state index < -0.39 is 11.9 Å². The van der Waals surface area contributed by atoms with Crippen LogP contribution in [0.3, 0.4) is 0 Å². The average Bonchev–Trinajstić information content (AvgIpc) is 2.71.